The lowest BCUT2D eigenvalue weighted by molar-refractivity contribution is -0.0923. The number of ether oxygens (including phenoxy) is 2. The molecule has 7 heteroatoms. The van der Waals surface area contributed by atoms with Gasteiger partial charge in [0.2, 0.25) is 0 Å². The first-order chi connectivity index (χ1) is 21.5. The van der Waals surface area contributed by atoms with Crippen LogP contribution in [0.25, 0.3) is 0 Å². The molecule has 4 nitrogen and oxygen atoms in total. The first-order valence-corrected chi connectivity index (χ1v) is 20.0. The third kappa shape index (κ3) is 9.08. The van der Waals surface area contributed by atoms with E-state index in [1.54, 1.807) is 13.2 Å². The van der Waals surface area contributed by atoms with Crippen LogP contribution >= 0.6 is 23.5 Å². The van der Waals surface area contributed by atoms with Gasteiger partial charge in [-0.1, -0.05) is 107 Å². The molecule has 0 radical (unpaired) electrons. The average Bonchev–Trinajstić information content (AvgIpc) is 3.03. The fourth-order valence-corrected chi connectivity index (χ4v) is 14.5. The van der Waals surface area contributed by atoms with Gasteiger partial charge in [0.1, 0.15) is 18.0 Å². The predicted octanol–water partition coefficient (Wildman–Crippen LogP) is 8.08. The minimum atomic E-state index is -2.94. The second-order valence-corrected chi connectivity index (χ2v) is 21.1. The molecule has 1 fully saturated rings. The maximum atomic E-state index is 11.5. The summed E-state index contributed by atoms with van der Waals surface area (Å²) >= 11 is 4.17. The van der Waals surface area contributed by atoms with E-state index in [-0.39, 0.29) is 15.2 Å². The van der Waals surface area contributed by atoms with E-state index in [2.05, 4.69) is 125 Å². The van der Waals surface area contributed by atoms with E-state index in [4.69, 9.17) is 13.9 Å². The van der Waals surface area contributed by atoms with Gasteiger partial charge >= 0.3 is 0 Å². The zero-order valence-corrected chi connectivity index (χ0v) is 30.5. The second-order valence-electron chi connectivity index (χ2n) is 13.4. The van der Waals surface area contributed by atoms with Crippen molar-refractivity contribution in [2.24, 2.45) is 5.92 Å². The SMILES string of the molecule is C=CC(O)[C@@H](OCc1ccc(OC)cc1)[C@H](C[C@H](C)CC1(C)SCCCS1)O[Si](c1ccccc1)(c1ccccc1)C(C)(C)C. The summed E-state index contributed by atoms with van der Waals surface area (Å²) in [6.45, 7) is 16.0. The highest BCUT2D eigenvalue weighted by Gasteiger charge is 2.53. The predicted molar refractivity (Wildman–Crippen MR) is 197 cm³/mol. The standard InChI is InChI=1S/C38H52O4S2Si/c1-8-34(39)36(41-28-30-20-22-31(40-7)23-21-30)35(26-29(2)27-38(6)43-24-15-25-44-38)42-45(37(3,4)5,32-16-11-9-12-17-32)33-18-13-10-14-19-33/h8-14,16-23,29,34-36,39H,1,15,24-28H2,2-7H3/t29-,34?,35-,36+/m0/s1. The van der Waals surface area contributed by atoms with Crippen LogP contribution in [0, 0.1) is 5.92 Å². The normalized spacial score (nSPS) is 18.0. The Bertz CT molecular complexity index is 1270. The lowest BCUT2D eigenvalue weighted by Crippen LogP contribution is -2.69. The first-order valence-electron chi connectivity index (χ1n) is 16.1. The minimum absolute atomic E-state index is 0.177. The van der Waals surface area contributed by atoms with E-state index in [1.807, 2.05) is 24.3 Å². The van der Waals surface area contributed by atoms with Gasteiger partial charge in [-0.05, 0) is 76.7 Å². The van der Waals surface area contributed by atoms with Gasteiger partial charge in [0.25, 0.3) is 8.32 Å². The molecule has 1 aliphatic rings. The molecule has 3 aromatic rings. The van der Waals surface area contributed by atoms with Crippen molar-refractivity contribution in [2.45, 2.75) is 87.9 Å². The van der Waals surface area contributed by atoms with E-state index in [1.165, 1.54) is 28.3 Å². The van der Waals surface area contributed by atoms with Gasteiger partial charge in [-0.2, -0.15) is 0 Å². The van der Waals surface area contributed by atoms with E-state index >= 15 is 0 Å². The van der Waals surface area contributed by atoms with E-state index in [0.717, 1.165) is 24.2 Å². The Kier molecular flexibility index (Phi) is 12.9. The summed E-state index contributed by atoms with van der Waals surface area (Å²) in [5, 5.41) is 13.8. The number of thioether (sulfide) groups is 2. The van der Waals surface area contributed by atoms with Crippen LogP contribution in [-0.2, 0) is 15.8 Å². The van der Waals surface area contributed by atoms with Crippen LogP contribution in [0.5, 0.6) is 5.75 Å². The highest BCUT2D eigenvalue weighted by atomic mass is 32.2. The third-order valence-corrected chi connectivity index (χ3v) is 17.1. The molecule has 244 valence electrons. The molecule has 0 bridgehead atoms. The maximum absolute atomic E-state index is 11.5. The van der Waals surface area contributed by atoms with Crippen LogP contribution in [0.4, 0.5) is 0 Å². The molecule has 4 atom stereocenters. The number of hydrogen-bond acceptors (Lipinski definition) is 6. The number of aliphatic hydroxyl groups excluding tert-OH is 1. The van der Waals surface area contributed by atoms with Crippen molar-refractivity contribution in [3.8, 4) is 5.75 Å². The third-order valence-electron chi connectivity index (χ3n) is 8.75. The smallest absolute Gasteiger partial charge is 0.261 e. The topological polar surface area (TPSA) is 47.9 Å². The van der Waals surface area contributed by atoms with Gasteiger partial charge in [0.15, 0.2) is 0 Å². The Morgan fingerprint density at radius 3 is 1.98 bits per heavy atom. The van der Waals surface area contributed by atoms with Crippen molar-refractivity contribution >= 4 is 42.2 Å². The van der Waals surface area contributed by atoms with Crippen molar-refractivity contribution in [3.05, 3.63) is 103 Å². The summed E-state index contributed by atoms with van der Waals surface area (Å²) in [5.41, 5.74) is 1.01. The Morgan fingerprint density at radius 2 is 1.49 bits per heavy atom. The maximum Gasteiger partial charge on any atom is 0.261 e. The molecule has 1 saturated heterocycles. The van der Waals surface area contributed by atoms with E-state index < -0.39 is 20.5 Å². The van der Waals surface area contributed by atoms with Crippen molar-refractivity contribution < 1.29 is 19.0 Å². The highest BCUT2D eigenvalue weighted by molar-refractivity contribution is 8.18. The Morgan fingerprint density at radius 1 is 0.933 bits per heavy atom. The molecule has 0 spiro atoms. The molecule has 4 rings (SSSR count). The average molecular weight is 665 g/mol. The van der Waals surface area contributed by atoms with Crippen LogP contribution in [0.15, 0.2) is 97.6 Å². The number of hydrogen-bond donors (Lipinski definition) is 1. The van der Waals surface area contributed by atoms with Gasteiger partial charge in [-0.15, -0.1) is 30.1 Å². The molecule has 1 aliphatic heterocycles. The number of aliphatic hydroxyl groups is 1. The highest BCUT2D eigenvalue weighted by Crippen LogP contribution is 2.47. The van der Waals surface area contributed by atoms with Crippen molar-refractivity contribution in [1.82, 2.24) is 0 Å². The van der Waals surface area contributed by atoms with Crippen molar-refractivity contribution in [1.29, 1.82) is 0 Å². The van der Waals surface area contributed by atoms with Crippen LogP contribution in [0.2, 0.25) is 5.04 Å². The summed E-state index contributed by atoms with van der Waals surface area (Å²) in [6.07, 6.45) is 2.82. The monoisotopic (exact) mass is 664 g/mol. The number of benzene rings is 3. The molecular formula is C38H52O4S2Si. The first kappa shape index (κ1) is 35.8. The molecule has 0 aromatic heterocycles. The summed E-state index contributed by atoms with van der Waals surface area (Å²) in [4.78, 5) is 0. The van der Waals surface area contributed by atoms with Gasteiger partial charge in [-0.3, -0.25) is 0 Å². The molecule has 1 N–H and O–H groups in total. The van der Waals surface area contributed by atoms with Gasteiger partial charge < -0.3 is 19.0 Å². The minimum Gasteiger partial charge on any atom is -0.497 e. The van der Waals surface area contributed by atoms with Crippen molar-refractivity contribution in [3.63, 3.8) is 0 Å². The Hall–Kier alpha value is -2.00. The lowest BCUT2D eigenvalue weighted by atomic mass is 9.93. The quantitative estimate of drug-likeness (QED) is 0.131. The fraction of sp³-hybridized carbons (Fsp3) is 0.474. The van der Waals surface area contributed by atoms with Crippen LogP contribution < -0.4 is 15.1 Å². The van der Waals surface area contributed by atoms with Crippen molar-refractivity contribution in [2.75, 3.05) is 18.6 Å². The Balaban J connectivity index is 1.78. The van der Waals surface area contributed by atoms with E-state index in [9.17, 15) is 5.11 Å². The second kappa shape index (κ2) is 16.2. The zero-order valence-electron chi connectivity index (χ0n) is 27.9. The van der Waals surface area contributed by atoms with Crippen LogP contribution in [0.1, 0.15) is 59.4 Å². The molecule has 3 aromatic carbocycles. The Labute approximate surface area is 281 Å². The summed E-state index contributed by atoms with van der Waals surface area (Å²) in [6, 6.07) is 29.4. The van der Waals surface area contributed by atoms with Crippen LogP contribution in [0.3, 0.4) is 0 Å². The fourth-order valence-electron chi connectivity index (χ4n) is 6.55. The summed E-state index contributed by atoms with van der Waals surface area (Å²) in [5.74, 6) is 3.57. The summed E-state index contributed by atoms with van der Waals surface area (Å²) in [7, 11) is -1.28. The number of methoxy groups -OCH3 is 1. The molecule has 1 heterocycles. The summed E-state index contributed by atoms with van der Waals surface area (Å²) < 4.78 is 20.0. The molecule has 0 amide bonds. The van der Waals surface area contributed by atoms with Gasteiger partial charge in [-0.25, -0.2) is 0 Å². The van der Waals surface area contributed by atoms with Crippen LogP contribution in [-0.4, -0.2) is 54.4 Å². The molecular weight excluding hydrogens is 613 g/mol. The largest absolute Gasteiger partial charge is 0.497 e. The van der Waals surface area contributed by atoms with Gasteiger partial charge in [0, 0.05) is 0 Å². The van der Waals surface area contributed by atoms with E-state index in [0.29, 0.717) is 12.5 Å². The molecule has 1 unspecified atom stereocenters. The molecule has 0 saturated carbocycles. The number of rotatable bonds is 15. The molecule has 45 heavy (non-hydrogen) atoms. The molecule has 0 aliphatic carbocycles. The zero-order chi connectivity index (χ0) is 32.5. The van der Waals surface area contributed by atoms with Gasteiger partial charge in [0.05, 0.1) is 23.9 Å². The lowest BCUT2D eigenvalue weighted by Gasteiger charge is -2.47.